The first kappa shape index (κ1) is 14.6. The second-order valence-electron chi connectivity index (χ2n) is 5.60. The highest BCUT2D eigenvalue weighted by Gasteiger charge is 2.60. The van der Waals surface area contributed by atoms with Gasteiger partial charge < -0.3 is 4.74 Å². The number of hydrogen-bond donors (Lipinski definition) is 0. The van der Waals surface area contributed by atoms with Crippen LogP contribution in [0.4, 0.5) is 0 Å². The summed E-state index contributed by atoms with van der Waals surface area (Å²) in [4.78, 5) is 29.1. The maximum absolute atomic E-state index is 12.4. The summed E-state index contributed by atoms with van der Waals surface area (Å²) < 4.78 is 4.91. The largest absolute Gasteiger partial charge is 0.466 e. The highest BCUT2D eigenvalue weighted by atomic mass is 32.2. The number of esters is 1. The zero-order chi connectivity index (χ0) is 15.0. The van der Waals surface area contributed by atoms with Crippen LogP contribution in [-0.2, 0) is 14.3 Å². The minimum Gasteiger partial charge on any atom is -0.466 e. The summed E-state index contributed by atoms with van der Waals surface area (Å²) in [6, 6.07) is 0. The molecule has 0 aromatic heterocycles. The Morgan fingerprint density at radius 2 is 2.29 bits per heavy atom. The number of ketones is 1. The van der Waals surface area contributed by atoms with E-state index in [4.69, 9.17) is 4.74 Å². The van der Waals surface area contributed by atoms with Crippen LogP contribution in [0.15, 0.2) is 29.3 Å². The van der Waals surface area contributed by atoms with Crippen molar-refractivity contribution in [2.45, 2.75) is 30.3 Å². The topological polar surface area (TPSA) is 55.7 Å². The van der Waals surface area contributed by atoms with Crippen molar-refractivity contribution in [2.24, 2.45) is 16.8 Å². The maximum Gasteiger partial charge on any atom is 0.310 e. The second kappa shape index (κ2) is 5.44. The van der Waals surface area contributed by atoms with Crippen molar-refractivity contribution in [3.8, 4) is 0 Å². The minimum atomic E-state index is -0.367. The third kappa shape index (κ3) is 2.18. The summed E-state index contributed by atoms with van der Waals surface area (Å²) in [6.07, 6.45) is 8.89. The van der Waals surface area contributed by atoms with Gasteiger partial charge in [0.15, 0.2) is 0 Å². The standard InChI is InChI=1S/C16H19NO3S/c1-3-20-15(19)13-11-7-9-17-12-6-4-5-8-16(11,12)21-14(13)10(2)18/h4-6,8,11,13-14H,3,7,9H2,1-2H3. The van der Waals surface area contributed by atoms with Gasteiger partial charge in [-0.2, -0.15) is 0 Å². The van der Waals surface area contributed by atoms with Gasteiger partial charge in [0, 0.05) is 6.54 Å². The molecule has 0 aromatic rings. The Morgan fingerprint density at radius 3 is 3.00 bits per heavy atom. The molecule has 0 saturated carbocycles. The SMILES string of the molecule is CCOC(=O)C1C(C(C)=O)SC23C=CC=CC2=NCCC13. The molecule has 0 bridgehead atoms. The number of Topliss-reactive ketones (excluding diaryl/α,β-unsaturated/α-hetero) is 1. The maximum atomic E-state index is 12.4. The Hall–Kier alpha value is -1.36. The third-order valence-electron chi connectivity index (χ3n) is 4.42. The van der Waals surface area contributed by atoms with Crippen molar-refractivity contribution in [1.82, 2.24) is 0 Å². The molecule has 0 N–H and O–H groups in total. The fourth-order valence-corrected chi connectivity index (χ4v) is 5.46. The number of nitrogens with zero attached hydrogens (tertiary/aromatic N) is 1. The normalized spacial score (nSPS) is 36.7. The minimum absolute atomic E-state index is 0.0455. The number of allylic oxidation sites excluding steroid dienone is 3. The van der Waals surface area contributed by atoms with E-state index >= 15 is 0 Å². The Labute approximate surface area is 128 Å². The van der Waals surface area contributed by atoms with E-state index in [1.807, 2.05) is 18.2 Å². The number of carbonyl (C=O) groups is 2. The highest BCUT2D eigenvalue weighted by Crippen LogP contribution is 2.57. The van der Waals surface area contributed by atoms with Gasteiger partial charge in [0.25, 0.3) is 0 Å². The molecule has 1 fully saturated rings. The van der Waals surface area contributed by atoms with Crippen LogP contribution in [0.1, 0.15) is 20.3 Å². The molecule has 0 amide bonds. The lowest BCUT2D eigenvalue weighted by atomic mass is 9.72. The predicted octanol–water partition coefficient (Wildman–Crippen LogP) is 2.20. The average molecular weight is 305 g/mol. The highest BCUT2D eigenvalue weighted by molar-refractivity contribution is 8.03. The Kier molecular flexibility index (Phi) is 3.78. The molecule has 1 saturated heterocycles. The van der Waals surface area contributed by atoms with Crippen molar-refractivity contribution >= 4 is 29.2 Å². The van der Waals surface area contributed by atoms with Crippen LogP contribution >= 0.6 is 11.8 Å². The lowest BCUT2D eigenvalue weighted by molar-refractivity contribution is -0.151. The summed E-state index contributed by atoms with van der Waals surface area (Å²) in [5.41, 5.74) is 0.990. The van der Waals surface area contributed by atoms with Gasteiger partial charge in [0.05, 0.1) is 28.2 Å². The molecule has 2 heterocycles. The molecule has 1 spiro atoms. The molecule has 4 atom stereocenters. The summed E-state index contributed by atoms with van der Waals surface area (Å²) in [7, 11) is 0. The van der Waals surface area contributed by atoms with Crippen LogP contribution < -0.4 is 0 Å². The Bertz CT molecular complexity index is 566. The molecular formula is C16H19NO3S. The number of carbonyl (C=O) groups excluding carboxylic acids is 2. The van der Waals surface area contributed by atoms with Gasteiger partial charge in [-0.25, -0.2) is 0 Å². The first-order valence-electron chi connectivity index (χ1n) is 7.36. The second-order valence-corrected chi connectivity index (χ2v) is 7.02. The van der Waals surface area contributed by atoms with Crippen LogP contribution in [0.3, 0.4) is 0 Å². The monoisotopic (exact) mass is 305 g/mol. The molecule has 0 aromatic carbocycles. The van der Waals surface area contributed by atoms with Crippen molar-refractivity contribution < 1.29 is 14.3 Å². The van der Waals surface area contributed by atoms with Gasteiger partial charge in [0.2, 0.25) is 0 Å². The lowest BCUT2D eigenvalue weighted by Crippen LogP contribution is -2.45. The van der Waals surface area contributed by atoms with Gasteiger partial charge in [0.1, 0.15) is 5.78 Å². The fourth-order valence-electron chi connectivity index (χ4n) is 3.58. The van der Waals surface area contributed by atoms with Crippen LogP contribution in [0, 0.1) is 11.8 Å². The zero-order valence-electron chi connectivity index (χ0n) is 12.2. The van der Waals surface area contributed by atoms with Gasteiger partial charge in [-0.15, -0.1) is 11.8 Å². The summed E-state index contributed by atoms with van der Waals surface area (Å²) >= 11 is 1.58. The van der Waals surface area contributed by atoms with Gasteiger partial charge in [-0.05, 0) is 32.3 Å². The molecule has 4 nitrogen and oxygen atoms in total. The number of aliphatic imine (C=N–C) groups is 1. The van der Waals surface area contributed by atoms with E-state index in [1.54, 1.807) is 25.6 Å². The average Bonchev–Trinajstić information content (AvgIpc) is 2.81. The molecule has 112 valence electrons. The molecule has 1 aliphatic carbocycles. The van der Waals surface area contributed by atoms with E-state index in [0.29, 0.717) is 13.2 Å². The number of hydrogen-bond acceptors (Lipinski definition) is 5. The van der Waals surface area contributed by atoms with Crippen molar-refractivity contribution in [3.63, 3.8) is 0 Å². The smallest absolute Gasteiger partial charge is 0.310 e. The van der Waals surface area contributed by atoms with Crippen LogP contribution in [0.25, 0.3) is 0 Å². The predicted molar refractivity (Wildman–Crippen MR) is 83.6 cm³/mol. The molecule has 4 unspecified atom stereocenters. The fraction of sp³-hybridized carbons (Fsp3) is 0.562. The summed E-state index contributed by atoms with van der Waals surface area (Å²) in [5.74, 6) is -0.473. The van der Waals surface area contributed by atoms with Crippen LogP contribution in [0.2, 0.25) is 0 Å². The van der Waals surface area contributed by atoms with Gasteiger partial charge in [-0.1, -0.05) is 18.2 Å². The Balaban J connectivity index is 2.03. The molecule has 21 heavy (non-hydrogen) atoms. The van der Waals surface area contributed by atoms with Crippen molar-refractivity contribution in [1.29, 1.82) is 0 Å². The molecule has 3 aliphatic rings. The summed E-state index contributed by atoms with van der Waals surface area (Å²) in [5, 5.41) is -0.339. The first-order valence-corrected chi connectivity index (χ1v) is 8.24. The molecule has 3 rings (SSSR count). The zero-order valence-corrected chi connectivity index (χ0v) is 13.1. The number of thioether (sulfide) groups is 1. The van der Waals surface area contributed by atoms with E-state index in [1.165, 1.54) is 0 Å². The van der Waals surface area contributed by atoms with Crippen molar-refractivity contribution in [3.05, 3.63) is 24.3 Å². The summed E-state index contributed by atoms with van der Waals surface area (Å²) in [6.45, 7) is 4.43. The molecule has 5 heteroatoms. The van der Waals surface area contributed by atoms with Gasteiger partial charge in [-0.3, -0.25) is 14.6 Å². The lowest BCUT2D eigenvalue weighted by Gasteiger charge is -2.37. The van der Waals surface area contributed by atoms with E-state index in [0.717, 1.165) is 12.1 Å². The van der Waals surface area contributed by atoms with Crippen LogP contribution in [-0.4, -0.2) is 40.6 Å². The molecule has 2 aliphatic heterocycles. The quantitative estimate of drug-likeness (QED) is 0.750. The first-order chi connectivity index (χ1) is 10.1. The van der Waals surface area contributed by atoms with E-state index in [9.17, 15) is 9.59 Å². The number of rotatable bonds is 3. The number of ether oxygens (including phenoxy) is 1. The Morgan fingerprint density at radius 1 is 1.48 bits per heavy atom. The molecule has 0 radical (unpaired) electrons. The van der Waals surface area contributed by atoms with E-state index in [-0.39, 0.29) is 33.6 Å². The van der Waals surface area contributed by atoms with Gasteiger partial charge >= 0.3 is 5.97 Å². The van der Waals surface area contributed by atoms with E-state index < -0.39 is 0 Å². The van der Waals surface area contributed by atoms with Crippen molar-refractivity contribution in [2.75, 3.05) is 13.2 Å². The van der Waals surface area contributed by atoms with E-state index in [2.05, 4.69) is 11.1 Å². The molecular weight excluding hydrogens is 286 g/mol. The van der Waals surface area contributed by atoms with Crippen LogP contribution in [0.5, 0.6) is 0 Å². The third-order valence-corrected chi connectivity index (χ3v) is 6.34.